The Morgan fingerprint density at radius 2 is 2.33 bits per heavy atom. The molecule has 0 aliphatic rings. The minimum Gasteiger partial charge on any atom is -0.478 e. The zero-order valence-electron chi connectivity index (χ0n) is 9.03. The Labute approximate surface area is 95.0 Å². The number of ether oxygens (including phenoxy) is 1. The molecule has 0 amide bonds. The Hall–Kier alpha value is -1.03. The number of nitrogens with zero attached hydrogens (tertiary/aromatic N) is 2. The first-order chi connectivity index (χ1) is 7.26. The fourth-order valence-electron chi connectivity index (χ4n) is 0.996. The van der Waals surface area contributed by atoms with Crippen LogP contribution in [0, 0.1) is 5.92 Å². The van der Waals surface area contributed by atoms with Crippen LogP contribution in [0.1, 0.15) is 13.8 Å². The molecule has 1 aromatic rings. The summed E-state index contributed by atoms with van der Waals surface area (Å²) in [5.74, 6) is 2.41. The van der Waals surface area contributed by atoms with Gasteiger partial charge in [0, 0.05) is 18.5 Å². The van der Waals surface area contributed by atoms with E-state index < -0.39 is 0 Å². The minimum absolute atomic E-state index is 0.414. The first-order valence-corrected chi connectivity index (χ1v) is 5.54. The van der Waals surface area contributed by atoms with E-state index >= 15 is 0 Å². The predicted molar refractivity (Wildman–Crippen MR) is 61.6 cm³/mol. The number of hydrogen-bond acceptors (Lipinski definition) is 4. The van der Waals surface area contributed by atoms with Gasteiger partial charge in [-0.05, 0) is 12.8 Å². The fourth-order valence-corrected chi connectivity index (χ4v) is 1.11. The molecule has 15 heavy (non-hydrogen) atoms. The summed E-state index contributed by atoms with van der Waals surface area (Å²) < 4.78 is 5.26. The summed E-state index contributed by atoms with van der Waals surface area (Å²) in [6, 6.07) is 1.78. The van der Waals surface area contributed by atoms with Gasteiger partial charge < -0.3 is 10.1 Å². The summed E-state index contributed by atoms with van der Waals surface area (Å²) in [4.78, 5) is 8.06. The van der Waals surface area contributed by atoms with Crippen molar-refractivity contribution >= 4 is 17.4 Å². The summed E-state index contributed by atoms with van der Waals surface area (Å²) >= 11 is 5.70. The summed E-state index contributed by atoms with van der Waals surface area (Å²) in [6.07, 6.45) is 1.48. The molecule has 1 atom stereocenters. The van der Waals surface area contributed by atoms with Crippen molar-refractivity contribution in [3.63, 3.8) is 0 Å². The molecule has 0 aromatic carbocycles. The zero-order chi connectivity index (χ0) is 11.1. The van der Waals surface area contributed by atoms with Gasteiger partial charge in [-0.2, -0.15) is 0 Å². The lowest BCUT2D eigenvalue weighted by molar-refractivity contribution is 0.326. The van der Waals surface area contributed by atoms with Crippen LogP contribution in [0.15, 0.2) is 12.4 Å². The second-order valence-corrected chi connectivity index (χ2v) is 3.62. The molecule has 0 fully saturated rings. The van der Waals surface area contributed by atoms with Crippen LogP contribution in [-0.2, 0) is 0 Å². The van der Waals surface area contributed by atoms with Crippen LogP contribution in [-0.4, -0.2) is 29.0 Å². The molecule has 1 unspecified atom stereocenters. The minimum atomic E-state index is 0.414. The van der Waals surface area contributed by atoms with E-state index in [1.807, 2.05) is 6.92 Å². The van der Waals surface area contributed by atoms with Gasteiger partial charge in [-0.25, -0.2) is 9.97 Å². The van der Waals surface area contributed by atoms with E-state index in [2.05, 4.69) is 22.2 Å². The topological polar surface area (TPSA) is 47.0 Å². The third-order valence-corrected chi connectivity index (χ3v) is 2.36. The maximum absolute atomic E-state index is 5.70. The fraction of sp³-hybridized carbons (Fsp3) is 0.600. The number of aromatic nitrogens is 2. The number of hydrogen-bond donors (Lipinski definition) is 1. The average molecular weight is 230 g/mol. The van der Waals surface area contributed by atoms with Crippen molar-refractivity contribution < 1.29 is 4.74 Å². The second-order valence-electron chi connectivity index (χ2n) is 3.31. The molecule has 1 aromatic heterocycles. The van der Waals surface area contributed by atoms with E-state index in [9.17, 15) is 0 Å². The SMILES string of the molecule is CCOc1cc(NCC(C)CCl)ncn1. The molecule has 84 valence electrons. The van der Waals surface area contributed by atoms with Gasteiger partial charge in [-0.15, -0.1) is 11.6 Å². The van der Waals surface area contributed by atoms with E-state index in [0.717, 1.165) is 12.4 Å². The second kappa shape index (κ2) is 6.45. The van der Waals surface area contributed by atoms with Crippen molar-refractivity contribution in [2.75, 3.05) is 24.3 Å². The highest BCUT2D eigenvalue weighted by Crippen LogP contribution is 2.11. The van der Waals surface area contributed by atoms with Crippen molar-refractivity contribution in [1.29, 1.82) is 0 Å². The Morgan fingerprint density at radius 3 is 3.00 bits per heavy atom. The summed E-state index contributed by atoms with van der Waals surface area (Å²) in [6.45, 7) is 5.40. The molecule has 1 N–H and O–H groups in total. The van der Waals surface area contributed by atoms with Gasteiger partial charge >= 0.3 is 0 Å². The van der Waals surface area contributed by atoms with E-state index in [0.29, 0.717) is 24.3 Å². The van der Waals surface area contributed by atoms with E-state index in [-0.39, 0.29) is 0 Å². The Balaban J connectivity index is 2.50. The van der Waals surface area contributed by atoms with E-state index in [4.69, 9.17) is 16.3 Å². The molecule has 0 saturated carbocycles. The highest BCUT2D eigenvalue weighted by atomic mass is 35.5. The zero-order valence-corrected chi connectivity index (χ0v) is 9.79. The first kappa shape index (κ1) is 12.0. The molecule has 4 nitrogen and oxygen atoms in total. The van der Waals surface area contributed by atoms with Gasteiger partial charge in [0.25, 0.3) is 0 Å². The molecule has 1 rings (SSSR count). The molecule has 0 radical (unpaired) electrons. The third kappa shape index (κ3) is 4.34. The number of rotatable bonds is 6. The maximum Gasteiger partial charge on any atom is 0.218 e. The Kier molecular flexibility index (Phi) is 5.18. The summed E-state index contributed by atoms with van der Waals surface area (Å²) in [7, 11) is 0. The molecule has 1 heterocycles. The lowest BCUT2D eigenvalue weighted by Crippen LogP contribution is -2.13. The van der Waals surface area contributed by atoms with Gasteiger partial charge in [-0.1, -0.05) is 6.92 Å². The molecular formula is C10H16ClN3O. The van der Waals surface area contributed by atoms with Crippen LogP contribution < -0.4 is 10.1 Å². The van der Waals surface area contributed by atoms with Crippen molar-refractivity contribution in [1.82, 2.24) is 9.97 Å². The molecule has 0 saturated heterocycles. The number of nitrogens with one attached hydrogen (secondary N) is 1. The van der Waals surface area contributed by atoms with Crippen LogP contribution in [0.25, 0.3) is 0 Å². The normalized spacial score (nSPS) is 12.2. The maximum atomic E-state index is 5.70. The molecule has 5 heteroatoms. The third-order valence-electron chi connectivity index (χ3n) is 1.83. The van der Waals surface area contributed by atoms with Gasteiger partial charge in [0.2, 0.25) is 5.88 Å². The van der Waals surface area contributed by atoms with Crippen LogP contribution >= 0.6 is 11.6 Å². The van der Waals surface area contributed by atoms with Gasteiger partial charge in [-0.3, -0.25) is 0 Å². The monoisotopic (exact) mass is 229 g/mol. The average Bonchev–Trinajstić information content (AvgIpc) is 2.27. The molecule has 0 bridgehead atoms. The largest absolute Gasteiger partial charge is 0.478 e. The standard InChI is InChI=1S/C10H16ClN3O/c1-3-15-10-4-9(13-7-14-10)12-6-8(2)5-11/h4,7-8H,3,5-6H2,1-2H3,(H,12,13,14). The Bertz CT molecular complexity index is 296. The number of anilines is 1. The highest BCUT2D eigenvalue weighted by Gasteiger charge is 2.02. The van der Waals surface area contributed by atoms with E-state index in [1.165, 1.54) is 6.33 Å². The quantitative estimate of drug-likeness (QED) is 0.760. The smallest absolute Gasteiger partial charge is 0.218 e. The van der Waals surface area contributed by atoms with Gasteiger partial charge in [0.15, 0.2) is 0 Å². The predicted octanol–water partition coefficient (Wildman–Crippen LogP) is 2.16. The summed E-state index contributed by atoms with van der Waals surface area (Å²) in [5.41, 5.74) is 0. The highest BCUT2D eigenvalue weighted by molar-refractivity contribution is 6.18. The van der Waals surface area contributed by atoms with Crippen molar-refractivity contribution in [3.8, 4) is 5.88 Å². The van der Waals surface area contributed by atoms with Gasteiger partial charge in [0.05, 0.1) is 6.61 Å². The van der Waals surface area contributed by atoms with Gasteiger partial charge in [0.1, 0.15) is 12.1 Å². The molecular weight excluding hydrogens is 214 g/mol. The molecule has 0 aliphatic heterocycles. The van der Waals surface area contributed by atoms with Crippen molar-refractivity contribution in [2.45, 2.75) is 13.8 Å². The first-order valence-electron chi connectivity index (χ1n) is 5.01. The van der Waals surface area contributed by atoms with Crippen LogP contribution in [0.5, 0.6) is 5.88 Å². The van der Waals surface area contributed by atoms with E-state index in [1.54, 1.807) is 6.07 Å². The number of alkyl halides is 1. The lowest BCUT2D eigenvalue weighted by atomic mass is 10.2. The summed E-state index contributed by atoms with van der Waals surface area (Å²) in [5, 5.41) is 3.18. The van der Waals surface area contributed by atoms with Crippen LogP contribution in [0.3, 0.4) is 0 Å². The number of halogens is 1. The van der Waals surface area contributed by atoms with Crippen LogP contribution in [0.4, 0.5) is 5.82 Å². The van der Waals surface area contributed by atoms with Crippen molar-refractivity contribution in [3.05, 3.63) is 12.4 Å². The van der Waals surface area contributed by atoms with Crippen LogP contribution in [0.2, 0.25) is 0 Å². The molecule has 0 spiro atoms. The van der Waals surface area contributed by atoms with Crippen molar-refractivity contribution in [2.24, 2.45) is 5.92 Å². The molecule has 0 aliphatic carbocycles. The lowest BCUT2D eigenvalue weighted by Gasteiger charge is -2.10. The Morgan fingerprint density at radius 1 is 1.53 bits per heavy atom.